The first kappa shape index (κ1) is 20.6. The summed E-state index contributed by atoms with van der Waals surface area (Å²) in [5, 5.41) is 3.12. The molecule has 6 nitrogen and oxygen atoms in total. The highest BCUT2D eigenvalue weighted by atomic mass is 32.1. The van der Waals surface area contributed by atoms with Crippen LogP contribution < -0.4 is 9.64 Å². The lowest BCUT2D eigenvalue weighted by Gasteiger charge is -2.36. The second-order valence-corrected chi connectivity index (χ2v) is 9.00. The van der Waals surface area contributed by atoms with Gasteiger partial charge >= 0.3 is 0 Å². The van der Waals surface area contributed by atoms with Crippen LogP contribution in [-0.2, 0) is 4.79 Å². The van der Waals surface area contributed by atoms with Crippen LogP contribution in [0.4, 0.5) is 5.82 Å². The van der Waals surface area contributed by atoms with Gasteiger partial charge in [-0.05, 0) is 48.4 Å². The van der Waals surface area contributed by atoms with Gasteiger partial charge in [0.25, 0.3) is 5.91 Å². The first-order valence-corrected chi connectivity index (χ1v) is 11.3. The monoisotopic (exact) mass is 424 g/mol. The number of carbonyl (C=O) groups excluding carboxylic acids is 1. The summed E-state index contributed by atoms with van der Waals surface area (Å²) >= 11 is 1.62. The number of ether oxygens (including phenoxy) is 1. The molecule has 1 fully saturated rings. The molecule has 30 heavy (non-hydrogen) atoms. The van der Waals surface area contributed by atoms with Crippen molar-refractivity contribution in [1.82, 2.24) is 14.9 Å². The number of nitrogens with zero attached hydrogens (tertiary/aromatic N) is 4. The van der Waals surface area contributed by atoms with E-state index in [0.717, 1.165) is 46.0 Å². The zero-order valence-electron chi connectivity index (χ0n) is 18.0. The molecule has 1 saturated heterocycles. The van der Waals surface area contributed by atoms with Crippen LogP contribution in [0.25, 0.3) is 10.2 Å². The van der Waals surface area contributed by atoms with E-state index >= 15 is 0 Å². The zero-order valence-corrected chi connectivity index (χ0v) is 18.8. The fraction of sp³-hybridized carbons (Fsp3) is 0.435. The van der Waals surface area contributed by atoms with Crippen LogP contribution in [0.3, 0.4) is 0 Å². The Morgan fingerprint density at radius 1 is 1.10 bits per heavy atom. The predicted molar refractivity (Wildman–Crippen MR) is 122 cm³/mol. The molecule has 1 aliphatic rings. The summed E-state index contributed by atoms with van der Waals surface area (Å²) < 4.78 is 6.14. The summed E-state index contributed by atoms with van der Waals surface area (Å²) in [7, 11) is 0. The second kappa shape index (κ2) is 8.60. The molecule has 2 aromatic heterocycles. The van der Waals surface area contributed by atoms with Gasteiger partial charge in [0.05, 0.1) is 5.39 Å². The number of rotatable bonds is 5. The molecule has 0 spiro atoms. The third kappa shape index (κ3) is 4.12. The molecule has 0 aliphatic carbocycles. The van der Waals surface area contributed by atoms with Gasteiger partial charge in [-0.1, -0.05) is 26.0 Å². The molecule has 7 heteroatoms. The molecule has 1 atom stereocenters. The molecule has 1 amide bonds. The van der Waals surface area contributed by atoms with Gasteiger partial charge in [0.2, 0.25) is 0 Å². The molecule has 4 rings (SSSR count). The maximum absolute atomic E-state index is 13.0. The fourth-order valence-electron chi connectivity index (χ4n) is 3.89. The average Bonchev–Trinajstić information content (AvgIpc) is 3.22. The zero-order chi connectivity index (χ0) is 21.3. The second-order valence-electron chi connectivity index (χ2n) is 8.11. The minimum Gasteiger partial charge on any atom is -0.481 e. The molecule has 3 heterocycles. The molecule has 3 aromatic rings. The number of anilines is 1. The third-order valence-corrected chi connectivity index (χ3v) is 6.39. The molecule has 0 N–H and O–H groups in total. The SMILES string of the molecule is Cc1ccc(C(C)C)c(OC(C)C(=O)N2CCN(c3ncnc4sccc34)CC2)c1. The van der Waals surface area contributed by atoms with Crippen LogP contribution in [0, 0.1) is 6.92 Å². The molecule has 1 aromatic carbocycles. The van der Waals surface area contributed by atoms with Gasteiger partial charge < -0.3 is 14.5 Å². The lowest BCUT2D eigenvalue weighted by molar-refractivity contribution is -0.138. The van der Waals surface area contributed by atoms with Crippen LogP contribution in [0.1, 0.15) is 37.8 Å². The highest BCUT2D eigenvalue weighted by Crippen LogP contribution is 2.29. The Morgan fingerprint density at radius 3 is 2.60 bits per heavy atom. The van der Waals surface area contributed by atoms with E-state index in [0.29, 0.717) is 19.0 Å². The summed E-state index contributed by atoms with van der Waals surface area (Å²) in [6, 6.07) is 8.28. The van der Waals surface area contributed by atoms with Crippen molar-refractivity contribution >= 4 is 33.3 Å². The lowest BCUT2D eigenvalue weighted by Crippen LogP contribution is -2.52. The molecule has 158 valence electrons. The molecule has 1 unspecified atom stereocenters. The van der Waals surface area contributed by atoms with Gasteiger partial charge in [-0.25, -0.2) is 9.97 Å². The third-order valence-electron chi connectivity index (χ3n) is 5.57. The summed E-state index contributed by atoms with van der Waals surface area (Å²) in [6.07, 6.45) is 1.11. The Hall–Kier alpha value is -2.67. The number of aryl methyl sites for hydroxylation is 1. The summed E-state index contributed by atoms with van der Waals surface area (Å²) in [4.78, 5) is 27.0. The van der Waals surface area contributed by atoms with E-state index in [1.807, 2.05) is 30.2 Å². The first-order chi connectivity index (χ1) is 14.4. The van der Waals surface area contributed by atoms with Gasteiger partial charge in [-0.15, -0.1) is 11.3 Å². The highest BCUT2D eigenvalue weighted by Gasteiger charge is 2.28. The Kier molecular flexibility index (Phi) is 5.90. The van der Waals surface area contributed by atoms with Gasteiger partial charge in [0, 0.05) is 26.2 Å². The van der Waals surface area contributed by atoms with Crippen molar-refractivity contribution in [2.45, 2.75) is 39.7 Å². The van der Waals surface area contributed by atoms with Crippen molar-refractivity contribution in [3.63, 3.8) is 0 Å². The molecule has 0 bridgehead atoms. The number of benzene rings is 1. The Balaban J connectivity index is 1.41. The van der Waals surface area contributed by atoms with Crippen LogP contribution in [0.2, 0.25) is 0 Å². The number of piperazine rings is 1. The van der Waals surface area contributed by atoms with E-state index in [4.69, 9.17) is 4.74 Å². The summed E-state index contributed by atoms with van der Waals surface area (Å²) in [5.41, 5.74) is 2.26. The van der Waals surface area contributed by atoms with Crippen molar-refractivity contribution < 1.29 is 9.53 Å². The minimum absolute atomic E-state index is 0.0363. The number of aromatic nitrogens is 2. The van der Waals surface area contributed by atoms with Gasteiger partial charge in [0.1, 0.15) is 22.7 Å². The highest BCUT2D eigenvalue weighted by molar-refractivity contribution is 7.16. The van der Waals surface area contributed by atoms with Crippen molar-refractivity contribution in [3.8, 4) is 5.75 Å². The van der Waals surface area contributed by atoms with Gasteiger partial charge in [-0.3, -0.25) is 4.79 Å². The smallest absolute Gasteiger partial charge is 0.263 e. The lowest BCUT2D eigenvalue weighted by atomic mass is 10.0. The van der Waals surface area contributed by atoms with Gasteiger partial charge in [-0.2, -0.15) is 0 Å². The number of fused-ring (bicyclic) bond motifs is 1. The van der Waals surface area contributed by atoms with Crippen molar-refractivity contribution in [2.75, 3.05) is 31.1 Å². The van der Waals surface area contributed by atoms with E-state index in [-0.39, 0.29) is 5.91 Å². The number of amides is 1. The van der Waals surface area contributed by atoms with E-state index in [1.165, 1.54) is 0 Å². The topological polar surface area (TPSA) is 58.6 Å². The molecular formula is C23H28N4O2S. The van der Waals surface area contributed by atoms with E-state index in [2.05, 4.69) is 46.9 Å². The Labute approximate surface area is 181 Å². The summed E-state index contributed by atoms with van der Waals surface area (Å²) in [6.45, 7) is 11.0. The largest absolute Gasteiger partial charge is 0.481 e. The van der Waals surface area contributed by atoms with Crippen LogP contribution in [0.5, 0.6) is 5.75 Å². The minimum atomic E-state index is -0.515. The normalized spacial score (nSPS) is 15.6. The number of carbonyl (C=O) groups is 1. The Bertz CT molecular complexity index is 1040. The van der Waals surface area contributed by atoms with Crippen LogP contribution in [0.15, 0.2) is 36.0 Å². The van der Waals surface area contributed by atoms with E-state index in [1.54, 1.807) is 17.7 Å². The molecular weight excluding hydrogens is 396 g/mol. The Morgan fingerprint density at radius 2 is 1.87 bits per heavy atom. The predicted octanol–water partition coefficient (Wildman–Crippen LogP) is 4.24. The number of thiophene rings is 1. The van der Waals surface area contributed by atoms with E-state index in [9.17, 15) is 4.79 Å². The molecule has 0 radical (unpaired) electrons. The average molecular weight is 425 g/mol. The maximum Gasteiger partial charge on any atom is 0.263 e. The van der Waals surface area contributed by atoms with Gasteiger partial charge in [0.15, 0.2) is 6.10 Å². The van der Waals surface area contributed by atoms with Crippen LogP contribution >= 0.6 is 11.3 Å². The molecule has 0 saturated carbocycles. The maximum atomic E-state index is 13.0. The van der Waals surface area contributed by atoms with Crippen molar-refractivity contribution in [2.24, 2.45) is 0 Å². The quantitative estimate of drug-likeness (QED) is 0.613. The van der Waals surface area contributed by atoms with E-state index < -0.39 is 6.10 Å². The first-order valence-electron chi connectivity index (χ1n) is 10.4. The molecule has 1 aliphatic heterocycles. The fourth-order valence-corrected chi connectivity index (χ4v) is 4.61. The van der Waals surface area contributed by atoms with Crippen LogP contribution in [-0.4, -0.2) is 53.1 Å². The number of hydrogen-bond donors (Lipinski definition) is 0. The van der Waals surface area contributed by atoms with Crippen molar-refractivity contribution in [1.29, 1.82) is 0 Å². The summed E-state index contributed by atoms with van der Waals surface area (Å²) in [5.74, 6) is 2.15. The number of hydrogen-bond acceptors (Lipinski definition) is 6. The van der Waals surface area contributed by atoms with Crippen molar-refractivity contribution in [3.05, 3.63) is 47.1 Å². The standard InChI is InChI=1S/C23H28N4O2S/c1-15(2)18-6-5-16(3)13-20(18)29-17(4)23(28)27-10-8-26(9-11-27)21-19-7-12-30-22(19)25-14-24-21/h5-7,12-15,17H,8-11H2,1-4H3.